The summed E-state index contributed by atoms with van der Waals surface area (Å²) in [6, 6.07) is 9.20. The van der Waals surface area contributed by atoms with Crippen molar-refractivity contribution in [2.75, 3.05) is 5.73 Å². The molecule has 62 valence electrons. The van der Waals surface area contributed by atoms with Crippen molar-refractivity contribution in [3.63, 3.8) is 0 Å². The normalized spacial score (nSPS) is 9.77. The number of hydrogen-bond acceptors (Lipinski definition) is 3. The van der Waals surface area contributed by atoms with E-state index in [-0.39, 0.29) is 0 Å². The van der Waals surface area contributed by atoms with E-state index in [1.165, 1.54) is 0 Å². The maximum Gasteiger partial charge on any atom is 0.101 e. The molecule has 2 aromatic rings. The smallest absolute Gasteiger partial charge is 0.101 e. The van der Waals surface area contributed by atoms with E-state index in [0.717, 1.165) is 5.39 Å². The molecule has 1 aromatic heterocycles. The molecule has 0 aliphatic carbocycles. The number of benzene rings is 1. The Morgan fingerprint density at radius 1 is 1.31 bits per heavy atom. The first-order valence-corrected chi connectivity index (χ1v) is 3.86. The van der Waals surface area contributed by atoms with Crippen molar-refractivity contribution in [1.29, 1.82) is 5.26 Å². The lowest BCUT2D eigenvalue weighted by atomic mass is 10.1. The summed E-state index contributed by atoms with van der Waals surface area (Å²) in [6.45, 7) is 0. The zero-order valence-corrected chi connectivity index (χ0v) is 6.86. The summed E-state index contributed by atoms with van der Waals surface area (Å²) >= 11 is 0. The standard InChI is InChI=1S/C10H7N3/c11-6-7-2-1-3-8-9(12)4-5-13-10(7)8/h1-5H,(H2,12,13). The SMILES string of the molecule is N#Cc1cccc2c(N)ccnc12. The van der Waals surface area contributed by atoms with E-state index in [4.69, 9.17) is 11.0 Å². The fourth-order valence-electron chi connectivity index (χ4n) is 1.29. The quantitative estimate of drug-likeness (QED) is 0.652. The van der Waals surface area contributed by atoms with Gasteiger partial charge in [0.15, 0.2) is 0 Å². The molecular formula is C10H7N3. The van der Waals surface area contributed by atoms with Gasteiger partial charge in [0.2, 0.25) is 0 Å². The number of aromatic nitrogens is 1. The van der Waals surface area contributed by atoms with Crippen molar-refractivity contribution in [3.8, 4) is 6.07 Å². The molecule has 0 aliphatic rings. The second kappa shape index (κ2) is 2.76. The minimum absolute atomic E-state index is 0.560. The Balaban J connectivity index is 2.94. The number of para-hydroxylation sites is 1. The van der Waals surface area contributed by atoms with Crippen LogP contribution < -0.4 is 5.73 Å². The Bertz CT molecular complexity index is 497. The van der Waals surface area contributed by atoms with E-state index in [1.807, 2.05) is 6.07 Å². The van der Waals surface area contributed by atoms with Crippen LogP contribution in [0.4, 0.5) is 5.69 Å². The van der Waals surface area contributed by atoms with Gasteiger partial charge in [-0.25, -0.2) is 0 Å². The van der Waals surface area contributed by atoms with E-state index in [0.29, 0.717) is 16.8 Å². The van der Waals surface area contributed by atoms with Crippen LogP contribution in [0.25, 0.3) is 10.9 Å². The number of nitrogens with zero attached hydrogens (tertiary/aromatic N) is 2. The highest BCUT2D eigenvalue weighted by atomic mass is 14.7. The molecule has 0 unspecified atom stereocenters. The molecule has 0 radical (unpaired) electrons. The van der Waals surface area contributed by atoms with E-state index in [9.17, 15) is 0 Å². The topological polar surface area (TPSA) is 62.7 Å². The van der Waals surface area contributed by atoms with Crippen LogP contribution in [0.5, 0.6) is 0 Å². The summed E-state index contributed by atoms with van der Waals surface area (Å²) in [6.07, 6.45) is 1.61. The molecule has 0 saturated heterocycles. The fraction of sp³-hybridized carbons (Fsp3) is 0. The lowest BCUT2D eigenvalue weighted by Crippen LogP contribution is -1.90. The van der Waals surface area contributed by atoms with E-state index in [2.05, 4.69) is 11.1 Å². The Labute approximate surface area is 75.4 Å². The molecule has 13 heavy (non-hydrogen) atoms. The molecule has 2 N–H and O–H groups in total. The average molecular weight is 169 g/mol. The predicted molar refractivity (Wildman–Crippen MR) is 50.9 cm³/mol. The van der Waals surface area contributed by atoms with Gasteiger partial charge in [-0.2, -0.15) is 5.26 Å². The first-order valence-electron chi connectivity index (χ1n) is 3.86. The van der Waals surface area contributed by atoms with Gasteiger partial charge in [-0.05, 0) is 12.1 Å². The Morgan fingerprint density at radius 3 is 2.92 bits per heavy atom. The number of fused-ring (bicyclic) bond motifs is 1. The molecule has 3 nitrogen and oxygen atoms in total. The van der Waals surface area contributed by atoms with Crippen LogP contribution in [0.3, 0.4) is 0 Å². The molecular weight excluding hydrogens is 162 g/mol. The zero-order chi connectivity index (χ0) is 9.26. The van der Waals surface area contributed by atoms with Gasteiger partial charge in [-0.3, -0.25) is 4.98 Å². The maximum atomic E-state index is 8.80. The van der Waals surface area contributed by atoms with Crippen molar-refractivity contribution >= 4 is 16.6 Å². The second-order valence-electron chi connectivity index (χ2n) is 2.71. The molecule has 0 aliphatic heterocycles. The number of hydrogen-bond donors (Lipinski definition) is 1. The molecule has 1 heterocycles. The van der Waals surface area contributed by atoms with Gasteiger partial charge in [0.05, 0.1) is 11.1 Å². The van der Waals surface area contributed by atoms with Gasteiger partial charge in [0.1, 0.15) is 6.07 Å². The Hall–Kier alpha value is -2.08. The van der Waals surface area contributed by atoms with Gasteiger partial charge in [0, 0.05) is 17.3 Å². The number of nitrogen functional groups attached to an aromatic ring is 1. The minimum atomic E-state index is 0.560. The number of anilines is 1. The highest BCUT2D eigenvalue weighted by molar-refractivity contribution is 5.93. The van der Waals surface area contributed by atoms with Crippen LogP contribution in [-0.4, -0.2) is 4.98 Å². The van der Waals surface area contributed by atoms with Gasteiger partial charge in [-0.1, -0.05) is 12.1 Å². The van der Waals surface area contributed by atoms with Crippen LogP contribution >= 0.6 is 0 Å². The van der Waals surface area contributed by atoms with Crippen LogP contribution in [-0.2, 0) is 0 Å². The van der Waals surface area contributed by atoms with Gasteiger partial charge in [-0.15, -0.1) is 0 Å². The molecule has 0 atom stereocenters. The van der Waals surface area contributed by atoms with E-state index in [1.54, 1.807) is 24.4 Å². The van der Waals surface area contributed by atoms with Crippen LogP contribution in [0.15, 0.2) is 30.5 Å². The first kappa shape index (κ1) is 7.56. The first-order chi connectivity index (χ1) is 6.33. The molecule has 0 amide bonds. The largest absolute Gasteiger partial charge is 0.398 e. The summed E-state index contributed by atoms with van der Waals surface area (Å²) in [7, 11) is 0. The molecule has 0 fully saturated rings. The number of nitriles is 1. The van der Waals surface area contributed by atoms with Crippen LogP contribution in [0.2, 0.25) is 0 Å². The summed E-state index contributed by atoms with van der Waals surface area (Å²) in [5.41, 5.74) is 7.62. The van der Waals surface area contributed by atoms with Gasteiger partial charge in [0.25, 0.3) is 0 Å². The number of rotatable bonds is 0. The molecule has 2 rings (SSSR count). The average Bonchev–Trinajstić information content (AvgIpc) is 2.18. The van der Waals surface area contributed by atoms with E-state index >= 15 is 0 Å². The summed E-state index contributed by atoms with van der Waals surface area (Å²) in [4.78, 5) is 4.11. The Kier molecular flexibility index (Phi) is 1.60. The zero-order valence-electron chi connectivity index (χ0n) is 6.86. The molecule has 0 saturated carbocycles. The van der Waals surface area contributed by atoms with Gasteiger partial charge < -0.3 is 5.73 Å². The molecule has 0 bridgehead atoms. The summed E-state index contributed by atoms with van der Waals surface area (Å²) in [5, 5.41) is 9.63. The lowest BCUT2D eigenvalue weighted by Gasteiger charge is -2.00. The number of pyridine rings is 1. The third-order valence-electron chi connectivity index (χ3n) is 1.93. The minimum Gasteiger partial charge on any atom is -0.398 e. The van der Waals surface area contributed by atoms with Crippen molar-refractivity contribution < 1.29 is 0 Å². The van der Waals surface area contributed by atoms with Crippen molar-refractivity contribution in [1.82, 2.24) is 4.98 Å². The molecule has 1 aromatic carbocycles. The second-order valence-corrected chi connectivity index (χ2v) is 2.71. The summed E-state index contributed by atoms with van der Waals surface area (Å²) < 4.78 is 0. The third-order valence-corrected chi connectivity index (χ3v) is 1.93. The molecule has 0 spiro atoms. The monoisotopic (exact) mass is 169 g/mol. The highest BCUT2D eigenvalue weighted by Gasteiger charge is 2.02. The number of nitrogens with two attached hydrogens (primary N) is 1. The summed E-state index contributed by atoms with van der Waals surface area (Å²) in [5.74, 6) is 0. The lowest BCUT2D eigenvalue weighted by molar-refractivity contribution is 1.39. The van der Waals surface area contributed by atoms with Crippen molar-refractivity contribution in [3.05, 3.63) is 36.0 Å². The molecule has 3 heteroatoms. The highest BCUT2D eigenvalue weighted by Crippen LogP contribution is 2.20. The van der Waals surface area contributed by atoms with Crippen LogP contribution in [0, 0.1) is 11.3 Å². The Morgan fingerprint density at radius 2 is 2.15 bits per heavy atom. The third kappa shape index (κ3) is 1.09. The fourth-order valence-corrected chi connectivity index (χ4v) is 1.29. The maximum absolute atomic E-state index is 8.80. The van der Waals surface area contributed by atoms with Gasteiger partial charge >= 0.3 is 0 Å². The van der Waals surface area contributed by atoms with Crippen molar-refractivity contribution in [2.24, 2.45) is 0 Å². The van der Waals surface area contributed by atoms with Crippen LogP contribution in [0.1, 0.15) is 5.56 Å². The van der Waals surface area contributed by atoms with Crippen molar-refractivity contribution in [2.45, 2.75) is 0 Å². The predicted octanol–water partition coefficient (Wildman–Crippen LogP) is 1.69. The van der Waals surface area contributed by atoms with E-state index < -0.39 is 0 Å².